The maximum Gasteiger partial charge on any atom is 0.126 e. The minimum Gasteiger partial charge on any atom is -0.347 e. The zero-order chi connectivity index (χ0) is 7.52. The quantitative estimate of drug-likeness (QED) is 0.679. The fourth-order valence-electron chi connectivity index (χ4n) is 0.938. The van der Waals surface area contributed by atoms with E-state index < -0.39 is 0 Å². The predicted octanol–water partition coefficient (Wildman–Crippen LogP) is 0.654. The molecule has 0 radical (unpaired) electrons. The van der Waals surface area contributed by atoms with Crippen molar-refractivity contribution in [2.75, 3.05) is 0 Å². The van der Waals surface area contributed by atoms with Crippen molar-refractivity contribution in [3.05, 3.63) is 36.9 Å². The Hall–Kier alpha value is -1.58. The standard InChI is InChI=1S/C7H8N4/c1-2-10-7(9-1)5-11-4-3-8-6-11/h1-4,6H,5H2,(H,9,10). The molecule has 2 rings (SSSR count). The zero-order valence-electron chi connectivity index (χ0n) is 5.94. The topological polar surface area (TPSA) is 46.5 Å². The lowest BCUT2D eigenvalue weighted by molar-refractivity contribution is 0.755. The van der Waals surface area contributed by atoms with Gasteiger partial charge in [0.1, 0.15) is 5.82 Å². The lowest BCUT2D eigenvalue weighted by Gasteiger charge is -1.95. The van der Waals surface area contributed by atoms with Crippen molar-refractivity contribution in [1.29, 1.82) is 0 Å². The number of nitrogens with one attached hydrogen (secondary N) is 1. The van der Waals surface area contributed by atoms with Crippen LogP contribution < -0.4 is 0 Å². The van der Waals surface area contributed by atoms with Crippen molar-refractivity contribution in [2.24, 2.45) is 0 Å². The van der Waals surface area contributed by atoms with Crippen LogP contribution in [0.2, 0.25) is 0 Å². The van der Waals surface area contributed by atoms with Gasteiger partial charge in [0.15, 0.2) is 0 Å². The van der Waals surface area contributed by atoms with Gasteiger partial charge in [0, 0.05) is 24.8 Å². The molecule has 0 amide bonds. The Morgan fingerprint density at radius 2 is 2.45 bits per heavy atom. The summed E-state index contributed by atoms with van der Waals surface area (Å²) in [6.45, 7) is 0.757. The summed E-state index contributed by atoms with van der Waals surface area (Å²) in [4.78, 5) is 11.0. The van der Waals surface area contributed by atoms with Crippen molar-refractivity contribution < 1.29 is 0 Å². The molecular formula is C7H8N4. The summed E-state index contributed by atoms with van der Waals surface area (Å²) >= 11 is 0. The maximum absolute atomic E-state index is 4.09. The van der Waals surface area contributed by atoms with Crippen LogP contribution >= 0.6 is 0 Å². The molecule has 1 N–H and O–H groups in total. The van der Waals surface area contributed by atoms with Crippen molar-refractivity contribution in [3.8, 4) is 0 Å². The van der Waals surface area contributed by atoms with E-state index in [2.05, 4.69) is 15.0 Å². The first-order valence-electron chi connectivity index (χ1n) is 3.39. The van der Waals surface area contributed by atoms with E-state index in [1.165, 1.54) is 0 Å². The minimum absolute atomic E-state index is 0.757. The van der Waals surface area contributed by atoms with Gasteiger partial charge >= 0.3 is 0 Å². The van der Waals surface area contributed by atoms with Crippen LogP contribution in [-0.2, 0) is 6.54 Å². The van der Waals surface area contributed by atoms with Crippen LogP contribution in [0.25, 0.3) is 0 Å². The summed E-state index contributed by atoms with van der Waals surface area (Å²) in [5.74, 6) is 0.947. The molecule has 0 spiro atoms. The van der Waals surface area contributed by atoms with Gasteiger partial charge in [-0.05, 0) is 0 Å². The molecule has 0 bridgehead atoms. The number of nitrogens with zero attached hydrogens (tertiary/aromatic N) is 3. The highest BCUT2D eigenvalue weighted by Crippen LogP contribution is 1.93. The number of aromatic amines is 1. The smallest absolute Gasteiger partial charge is 0.126 e. The third kappa shape index (κ3) is 1.29. The normalized spacial score (nSPS) is 10.2. The molecule has 0 aromatic carbocycles. The highest BCUT2D eigenvalue weighted by Gasteiger charge is 1.93. The van der Waals surface area contributed by atoms with Crippen LogP contribution in [0, 0.1) is 0 Å². The third-order valence-electron chi connectivity index (χ3n) is 1.45. The minimum atomic E-state index is 0.757. The number of hydrogen-bond acceptors (Lipinski definition) is 2. The Morgan fingerprint density at radius 1 is 1.45 bits per heavy atom. The van der Waals surface area contributed by atoms with E-state index in [4.69, 9.17) is 0 Å². The van der Waals surface area contributed by atoms with E-state index in [0.29, 0.717) is 0 Å². The Morgan fingerprint density at radius 3 is 3.09 bits per heavy atom. The molecule has 0 fully saturated rings. The molecular weight excluding hydrogens is 140 g/mol. The summed E-state index contributed by atoms with van der Waals surface area (Å²) in [7, 11) is 0. The summed E-state index contributed by atoms with van der Waals surface area (Å²) in [6.07, 6.45) is 8.98. The number of hydrogen-bond donors (Lipinski definition) is 1. The van der Waals surface area contributed by atoms with Gasteiger partial charge in [-0.25, -0.2) is 9.97 Å². The summed E-state index contributed by atoms with van der Waals surface area (Å²) in [5.41, 5.74) is 0. The van der Waals surface area contributed by atoms with Gasteiger partial charge in [-0.1, -0.05) is 0 Å². The molecule has 4 heteroatoms. The average molecular weight is 148 g/mol. The van der Waals surface area contributed by atoms with Crippen LogP contribution in [0.1, 0.15) is 5.82 Å². The lowest BCUT2D eigenvalue weighted by atomic mass is 10.6. The fourth-order valence-corrected chi connectivity index (χ4v) is 0.938. The number of rotatable bonds is 2. The number of aromatic nitrogens is 4. The highest BCUT2D eigenvalue weighted by molar-refractivity contribution is 4.89. The van der Waals surface area contributed by atoms with E-state index in [9.17, 15) is 0 Å². The second-order valence-electron chi connectivity index (χ2n) is 2.27. The van der Waals surface area contributed by atoms with Crippen molar-refractivity contribution >= 4 is 0 Å². The molecule has 56 valence electrons. The second kappa shape index (κ2) is 2.57. The molecule has 0 aliphatic rings. The van der Waals surface area contributed by atoms with Gasteiger partial charge in [-0.15, -0.1) is 0 Å². The van der Waals surface area contributed by atoms with Gasteiger partial charge in [-0.3, -0.25) is 0 Å². The molecule has 2 aromatic rings. The van der Waals surface area contributed by atoms with E-state index in [1.54, 1.807) is 18.7 Å². The van der Waals surface area contributed by atoms with E-state index >= 15 is 0 Å². The predicted molar refractivity (Wildman–Crippen MR) is 39.9 cm³/mol. The molecule has 0 aliphatic heterocycles. The average Bonchev–Trinajstić information content (AvgIpc) is 2.60. The van der Waals surface area contributed by atoms with Crippen LogP contribution in [0.15, 0.2) is 31.1 Å². The SMILES string of the molecule is c1cn(Cc2ncc[nH]2)cn1. The monoisotopic (exact) mass is 148 g/mol. The summed E-state index contributed by atoms with van der Waals surface area (Å²) in [6, 6.07) is 0. The molecule has 0 saturated carbocycles. The molecule has 4 nitrogen and oxygen atoms in total. The van der Waals surface area contributed by atoms with Crippen LogP contribution in [0.5, 0.6) is 0 Å². The van der Waals surface area contributed by atoms with E-state index in [-0.39, 0.29) is 0 Å². The first-order chi connectivity index (χ1) is 5.45. The van der Waals surface area contributed by atoms with Gasteiger partial charge in [-0.2, -0.15) is 0 Å². The molecule has 2 heterocycles. The zero-order valence-corrected chi connectivity index (χ0v) is 5.94. The Balaban J connectivity index is 2.14. The first-order valence-corrected chi connectivity index (χ1v) is 3.39. The Bertz CT molecular complexity index is 263. The second-order valence-corrected chi connectivity index (χ2v) is 2.27. The molecule has 0 atom stereocenters. The third-order valence-corrected chi connectivity index (χ3v) is 1.45. The number of imidazole rings is 2. The Labute approximate surface area is 63.9 Å². The lowest BCUT2D eigenvalue weighted by Crippen LogP contribution is -1.97. The molecule has 0 aliphatic carbocycles. The maximum atomic E-state index is 4.09. The van der Waals surface area contributed by atoms with Crippen molar-refractivity contribution in [2.45, 2.75) is 6.54 Å². The Kier molecular flexibility index (Phi) is 1.44. The molecule has 0 saturated heterocycles. The van der Waals surface area contributed by atoms with Crippen LogP contribution in [-0.4, -0.2) is 19.5 Å². The highest BCUT2D eigenvalue weighted by atomic mass is 15.1. The summed E-state index contributed by atoms with van der Waals surface area (Å²) < 4.78 is 1.96. The molecule has 11 heavy (non-hydrogen) atoms. The van der Waals surface area contributed by atoms with Gasteiger partial charge in [0.2, 0.25) is 0 Å². The van der Waals surface area contributed by atoms with E-state index in [1.807, 2.05) is 17.0 Å². The largest absolute Gasteiger partial charge is 0.347 e. The molecule has 0 unspecified atom stereocenters. The molecule has 2 aromatic heterocycles. The van der Waals surface area contributed by atoms with Gasteiger partial charge in [0.05, 0.1) is 12.9 Å². The van der Waals surface area contributed by atoms with Crippen molar-refractivity contribution in [3.63, 3.8) is 0 Å². The van der Waals surface area contributed by atoms with Crippen LogP contribution in [0.4, 0.5) is 0 Å². The first kappa shape index (κ1) is 6.15. The number of H-pyrrole nitrogens is 1. The summed E-state index contributed by atoms with van der Waals surface area (Å²) in [5, 5.41) is 0. The van der Waals surface area contributed by atoms with E-state index in [0.717, 1.165) is 12.4 Å². The fraction of sp³-hybridized carbons (Fsp3) is 0.143. The van der Waals surface area contributed by atoms with Gasteiger partial charge < -0.3 is 9.55 Å². The van der Waals surface area contributed by atoms with Crippen molar-refractivity contribution in [1.82, 2.24) is 19.5 Å². The van der Waals surface area contributed by atoms with Crippen LogP contribution in [0.3, 0.4) is 0 Å². The van der Waals surface area contributed by atoms with Gasteiger partial charge in [0.25, 0.3) is 0 Å².